The topological polar surface area (TPSA) is 75.3 Å². The quantitative estimate of drug-likeness (QED) is 0.732. The maximum Gasteiger partial charge on any atom is 0.338 e. The molecule has 5 heteroatoms. The number of halogens is 1. The molecule has 0 spiro atoms. The molecule has 2 rings (SSSR count). The monoisotopic (exact) mass is 266 g/mol. The van der Waals surface area contributed by atoms with Crippen LogP contribution in [0.4, 0.5) is 15.8 Å². The Hall–Kier alpha value is -1.78. The Morgan fingerprint density at radius 2 is 2.26 bits per heavy atom. The van der Waals surface area contributed by atoms with Gasteiger partial charge >= 0.3 is 5.97 Å². The van der Waals surface area contributed by atoms with Gasteiger partial charge in [-0.1, -0.05) is 19.8 Å². The third-order valence-corrected chi connectivity index (χ3v) is 3.96. The lowest BCUT2D eigenvalue weighted by atomic mass is 9.98. The summed E-state index contributed by atoms with van der Waals surface area (Å²) in [5.41, 5.74) is 6.11. The minimum Gasteiger partial charge on any atom is -0.478 e. The average Bonchev–Trinajstić information content (AvgIpc) is 2.75. The van der Waals surface area contributed by atoms with Crippen LogP contribution in [0.2, 0.25) is 0 Å². The molecule has 1 aliphatic carbocycles. The Bertz CT molecular complexity index is 491. The van der Waals surface area contributed by atoms with E-state index in [1.807, 2.05) is 0 Å². The van der Waals surface area contributed by atoms with Crippen molar-refractivity contribution >= 4 is 17.3 Å². The number of nitrogens with two attached hydrogens (primary N) is 1. The molecule has 0 aromatic heterocycles. The molecule has 1 aliphatic rings. The highest BCUT2D eigenvalue weighted by Crippen LogP contribution is 2.32. The van der Waals surface area contributed by atoms with Crippen LogP contribution in [0.5, 0.6) is 0 Å². The summed E-state index contributed by atoms with van der Waals surface area (Å²) in [7, 11) is 0. The van der Waals surface area contributed by atoms with E-state index in [0.29, 0.717) is 17.5 Å². The minimum atomic E-state index is -1.31. The summed E-state index contributed by atoms with van der Waals surface area (Å²) in [5, 5.41) is 11.9. The van der Waals surface area contributed by atoms with Crippen molar-refractivity contribution in [2.45, 2.75) is 26.2 Å². The minimum absolute atomic E-state index is 0.268. The standard InChI is InChI=1S/C14H19FN2O2/c1-8-3-2-4-9(8)7-17-13-6-11(15)10(14(18)19)5-12(13)16/h5-6,8-9,17H,2-4,7,16H2,1H3,(H,18,19). The van der Waals surface area contributed by atoms with Crippen LogP contribution in [0.25, 0.3) is 0 Å². The maximum absolute atomic E-state index is 13.6. The summed E-state index contributed by atoms with van der Waals surface area (Å²) in [5.74, 6) is -0.831. The van der Waals surface area contributed by atoms with Crippen LogP contribution in [-0.2, 0) is 0 Å². The zero-order valence-electron chi connectivity index (χ0n) is 10.9. The van der Waals surface area contributed by atoms with Gasteiger partial charge in [0.15, 0.2) is 0 Å². The Kier molecular flexibility index (Phi) is 3.93. The van der Waals surface area contributed by atoms with Crippen molar-refractivity contribution in [3.05, 3.63) is 23.5 Å². The average molecular weight is 266 g/mol. The van der Waals surface area contributed by atoms with Crippen molar-refractivity contribution in [1.29, 1.82) is 0 Å². The second-order valence-corrected chi connectivity index (χ2v) is 5.27. The third-order valence-electron chi connectivity index (χ3n) is 3.96. The summed E-state index contributed by atoms with van der Waals surface area (Å²) < 4.78 is 13.6. The molecule has 4 nitrogen and oxygen atoms in total. The zero-order valence-corrected chi connectivity index (χ0v) is 10.9. The van der Waals surface area contributed by atoms with Crippen molar-refractivity contribution < 1.29 is 14.3 Å². The number of carbonyl (C=O) groups is 1. The SMILES string of the molecule is CC1CCCC1CNc1cc(F)c(C(=O)O)cc1N. The van der Waals surface area contributed by atoms with Crippen molar-refractivity contribution in [1.82, 2.24) is 0 Å². The number of nitrogen functional groups attached to an aromatic ring is 1. The van der Waals surface area contributed by atoms with Crippen LogP contribution in [-0.4, -0.2) is 17.6 Å². The first-order chi connectivity index (χ1) is 8.99. The number of rotatable bonds is 4. The van der Waals surface area contributed by atoms with E-state index in [1.165, 1.54) is 25.3 Å². The number of nitrogens with one attached hydrogen (secondary N) is 1. The molecule has 2 atom stereocenters. The molecular formula is C14H19FN2O2. The molecule has 0 saturated heterocycles. The molecule has 1 fully saturated rings. The van der Waals surface area contributed by atoms with Crippen LogP contribution in [0.3, 0.4) is 0 Å². The maximum atomic E-state index is 13.6. The van der Waals surface area contributed by atoms with Gasteiger partial charge in [0.2, 0.25) is 0 Å². The van der Waals surface area contributed by atoms with Gasteiger partial charge in [-0.3, -0.25) is 0 Å². The van der Waals surface area contributed by atoms with Crippen LogP contribution >= 0.6 is 0 Å². The first-order valence-electron chi connectivity index (χ1n) is 6.55. The van der Waals surface area contributed by atoms with Gasteiger partial charge in [0.25, 0.3) is 0 Å². The second-order valence-electron chi connectivity index (χ2n) is 5.27. The number of benzene rings is 1. The lowest BCUT2D eigenvalue weighted by molar-refractivity contribution is 0.0692. The van der Waals surface area contributed by atoms with Gasteiger partial charge in [-0.15, -0.1) is 0 Å². The van der Waals surface area contributed by atoms with Gasteiger partial charge in [-0.05, 0) is 30.4 Å². The lowest BCUT2D eigenvalue weighted by Crippen LogP contribution is -2.17. The van der Waals surface area contributed by atoms with Crippen molar-refractivity contribution in [2.24, 2.45) is 11.8 Å². The van der Waals surface area contributed by atoms with Gasteiger partial charge in [-0.2, -0.15) is 0 Å². The molecule has 0 amide bonds. The highest BCUT2D eigenvalue weighted by Gasteiger charge is 2.23. The van der Waals surface area contributed by atoms with Gasteiger partial charge in [0.05, 0.1) is 16.9 Å². The highest BCUT2D eigenvalue weighted by molar-refractivity contribution is 5.90. The summed E-state index contributed by atoms with van der Waals surface area (Å²) in [6, 6.07) is 2.33. The van der Waals surface area contributed by atoms with Crippen LogP contribution in [0.15, 0.2) is 12.1 Å². The number of carboxylic acid groups (broad SMARTS) is 1. The number of hydrogen-bond acceptors (Lipinski definition) is 3. The fourth-order valence-corrected chi connectivity index (χ4v) is 2.67. The van der Waals surface area contributed by atoms with E-state index in [4.69, 9.17) is 10.8 Å². The summed E-state index contributed by atoms with van der Waals surface area (Å²) in [6.07, 6.45) is 3.63. The first kappa shape index (κ1) is 13.6. The van der Waals surface area contributed by atoms with Crippen molar-refractivity contribution in [3.63, 3.8) is 0 Å². The summed E-state index contributed by atoms with van der Waals surface area (Å²) >= 11 is 0. The summed E-state index contributed by atoms with van der Waals surface area (Å²) in [4.78, 5) is 10.8. The molecule has 0 bridgehead atoms. The molecule has 0 radical (unpaired) electrons. The Morgan fingerprint density at radius 3 is 2.84 bits per heavy atom. The molecule has 104 valence electrons. The van der Waals surface area contributed by atoms with E-state index in [1.54, 1.807) is 0 Å². The van der Waals surface area contributed by atoms with E-state index in [-0.39, 0.29) is 5.69 Å². The van der Waals surface area contributed by atoms with Crippen molar-refractivity contribution in [3.8, 4) is 0 Å². The molecule has 1 aromatic rings. The molecule has 0 heterocycles. The van der Waals surface area contributed by atoms with E-state index in [2.05, 4.69) is 12.2 Å². The van der Waals surface area contributed by atoms with E-state index in [9.17, 15) is 9.18 Å². The van der Waals surface area contributed by atoms with Gasteiger partial charge in [0.1, 0.15) is 5.82 Å². The molecule has 19 heavy (non-hydrogen) atoms. The Balaban J connectivity index is 2.08. The summed E-state index contributed by atoms with van der Waals surface area (Å²) in [6.45, 7) is 2.97. The highest BCUT2D eigenvalue weighted by atomic mass is 19.1. The van der Waals surface area contributed by atoms with Crippen LogP contribution in [0, 0.1) is 17.7 Å². The second kappa shape index (κ2) is 5.47. The van der Waals surface area contributed by atoms with Crippen molar-refractivity contribution in [2.75, 3.05) is 17.6 Å². The molecule has 0 aliphatic heterocycles. The Labute approximate surface area is 111 Å². The number of carboxylic acids is 1. The Morgan fingerprint density at radius 1 is 1.53 bits per heavy atom. The number of aromatic carboxylic acids is 1. The molecule has 4 N–H and O–H groups in total. The van der Waals surface area contributed by atoms with Gasteiger partial charge < -0.3 is 16.2 Å². The van der Waals surface area contributed by atoms with Crippen LogP contribution in [0.1, 0.15) is 36.5 Å². The fourth-order valence-electron chi connectivity index (χ4n) is 2.67. The van der Waals surface area contributed by atoms with E-state index >= 15 is 0 Å². The van der Waals surface area contributed by atoms with Crippen LogP contribution < -0.4 is 11.1 Å². The molecule has 1 saturated carbocycles. The number of anilines is 2. The number of hydrogen-bond donors (Lipinski definition) is 3. The largest absolute Gasteiger partial charge is 0.478 e. The van der Waals surface area contributed by atoms with Gasteiger partial charge in [0, 0.05) is 6.54 Å². The lowest BCUT2D eigenvalue weighted by Gasteiger charge is -2.18. The van der Waals surface area contributed by atoms with E-state index in [0.717, 1.165) is 12.6 Å². The third kappa shape index (κ3) is 2.97. The van der Waals surface area contributed by atoms with Gasteiger partial charge in [-0.25, -0.2) is 9.18 Å². The molecular weight excluding hydrogens is 247 g/mol. The smallest absolute Gasteiger partial charge is 0.338 e. The molecule has 2 unspecified atom stereocenters. The first-order valence-corrected chi connectivity index (χ1v) is 6.55. The normalized spacial score (nSPS) is 22.4. The predicted molar refractivity (Wildman–Crippen MR) is 72.8 cm³/mol. The van der Waals surface area contributed by atoms with E-state index < -0.39 is 17.3 Å². The molecule has 1 aromatic carbocycles. The fraction of sp³-hybridized carbons (Fsp3) is 0.500. The zero-order chi connectivity index (χ0) is 14.0. The predicted octanol–water partition coefficient (Wildman–Crippen LogP) is 2.95.